The Morgan fingerprint density at radius 3 is 2.32 bits per heavy atom. The van der Waals surface area contributed by atoms with Gasteiger partial charge >= 0.3 is 0 Å². The number of rotatable bonds is 4. The summed E-state index contributed by atoms with van der Waals surface area (Å²) in [5.74, 6) is 0.857. The molecule has 1 heterocycles. The van der Waals surface area contributed by atoms with E-state index in [2.05, 4.69) is 55.7 Å². The Kier molecular flexibility index (Phi) is 5.00. The molecule has 2 nitrogen and oxygen atoms in total. The monoisotopic (exact) mass is 260 g/mol. The molecule has 0 radical (unpaired) electrons. The van der Waals surface area contributed by atoms with Crippen molar-refractivity contribution < 1.29 is 0 Å². The summed E-state index contributed by atoms with van der Waals surface area (Å²) in [7, 11) is 0. The van der Waals surface area contributed by atoms with Gasteiger partial charge in [-0.05, 0) is 54.9 Å². The molecule has 0 saturated carbocycles. The van der Waals surface area contributed by atoms with Gasteiger partial charge in [-0.25, -0.2) is 0 Å². The molecule has 1 aromatic rings. The maximum Gasteiger partial charge on any atom is 0.0205 e. The van der Waals surface area contributed by atoms with Crippen molar-refractivity contribution in [3.8, 4) is 0 Å². The standard InChI is InChI=1S/C17H28N2/c1-17(2,3)16-6-4-14(5-7-16)12-19-13-15-8-10-18-11-9-15/h4-7,15,18-19H,8-13H2,1-3H3. The summed E-state index contributed by atoms with van der Waals surface area (Å²) < 4.78 is 0. The van der Waals surface area contributed by atoms with E-state index in [1.54, 1.807) is 0 Å². The lowest BCUT2D eigenvalue weighted by Crippen LogP contribution is -2.33. The summed E-state index contributed by atoms with van der Waals surface area (Å²) in [6.45, 7) is 11.3. The van der Waals surface area contributed by atoms with E-state index in [0.717, 1.165) is 19.0 Å². The van der Waals surface area contributed by atoms with Crippen LogP contribution in [0.4, 0.5) is 0 Å². The van der Waals surface area contributed by atoms with Gasteiger partial charge in [0.25, 0.3) is 0 Å². The lowest BCUT2D eigenvalue weighted by atomic mass is 9.87. The number of piperidine rings is 1. The first-order chi connectivity index (χ1) is 9.05. The van der Waals surface area contributed by atoms with Crippen LogP contribution in [0.3, 0.4) is 0 Å². The van der Waals surface area contributed by atoms with E-state index in [9.17, 15) is 0 Å². The van der Waals surface area contributed by atoms with Gasteiger partial charge in [-0.2, -0.15) is 0 Å². The molecule has 0 aliphatic carbocycles. The molecule has 2 heteroatoms. The Morgan fingerprint density at radius 2 is 1.74 bits per heavy atom. The molecule has 0 unspecified atom stereocenters. The highest BCUT2D eigenvalue weighted by molar-refractivity contribution is 5.27. The Balaban J connectivity index is 1.76. The van der Waals surface area contributed by atoms with E-state index < -0.39 is 0 Å². The van der Waals surface area contributed by atoms with Crippen molar-refractivity contribution in [2.45, 2.75) is 45.6 Å². The molecule has 1 saturated heterocycles. The van der Waals surface area contributed by atoms with Crippen LogP contribution in [-0.4, -0.2) is 19.6 Å². The van der Waals surface area contributed by atoms with Crippen LogP contribution in [0.5, 0.6) is 0 Å². The zero-order chi connectivity index (χ0) is 13.7. The van der Waals surface area contributed by atoms with Gasteiger partial charge in [-0.1, -0.05) is 45.0 Å². The second-order valence-corrected chi connectivity index (χ2v) is 6.77. The molecule has 0 aromatic heterocycles. The molecule has 1 aliphatic heterocycles. The first kappa shape index (κ1) is 14.5. The van der Waals surface area contributed by atoms with Gasteiger partial charge < -0.3 is 10.6 Å². The summed E-state index contributed by atoms with van der Waals surface area (Å²) >= 11 is 0. The molecule has 0 atom stereocenters. The third-order valence-electron chi connectivity index (χ3n) is 4.04. The topological polar surface area (TPSA) is 24.1 Å². The second kappa shape index (κ2) is 6.53. The van der Waals surface area contributed by atoms with Gasteiger partial charge in [0.15, 0.2) is 0 Å². The lowest BCUT2D eigenvalue weighted by Gasteiger charge is -2.23. The van der Waals surface area contributed by atoms with Crippen LogP contribution >= 0.6 is 0 Å². The van der Waals surface area contributed by atoms with E-state index in [-0.39, 0.29) is 5.41 Å². The highest BCUT2D eigenvalue weighted by Gasteiger charge is 2.13. The van der Waals surface area contributed by atoms with Crippen LogP contribution < -0.4 is 10.6 Å². The number of hydrogen-bond acceptors (Lipinski definition) is 2. The first-order valence-electron chi connectivity index (χ1n) is 7.56. The van der Waals surface area contributed by atoms with E-state index in [0.29, 0.717) is 0 Å². The van der Waals surface area contributed by atoms with Crippen molar-refractivity contribution in [1.29, 1.82) is 0 Å². The largest absolute Gasteiger partial charge is 0.317 e. The molecular formula is C17H28N2. The SMILES string of the molecule is CC(C)(C)c1ccc(CNCC2CCNCC2)cc1. The maximum absolute atomic E-state index is 3.60. The summed E-state index contributed by atoms with van der Waals surface area (Å²) in [4.78, 5) is 0. The van der Waals surface area contributed by atoms with Crippen molar-refractivity contribution in [2.24, 2.45) is 5.92 Å². The molecular weight excluding hydrogens is 232 g/mol. The molecule has 1 aliphatic rings. The van der Waals surface area contributed by atoms with Crippen molar-refractivity contribution in [3.05, 3.63) is 35.4 Å². The van der Waals surface area contributed by atoms with Crippen molar-refractivity contribution in [2.75, 3.05) is 19.6 Å². The summed E-state index contributed by atoms with van der Waals surface area (Å²) in [6.07, 6.45) is 2.63. The lowest BCUT2D eigenvalue weighted by molar-refractivity contribution is 0.356. The zero-order valence-electron chi connectivity index (χ0n) is 12.6. The fraction of sp³-hybridized carbons (Fsp3) is 0.647. The fourth-order valence-electron chi connectivity index (χ4n) is 2.63. The minimum Gasteiger partial charge on any atom is -0.317 e. The van der Waals surface area contributed by atoms with Crippen molar-refractivity contribution in [3.63, 3.8) is 0 Å². The number of nitrogens with one attached hydrogen (secondary N) is 2. The van der Waals surface area contributed by atoms with Gasteiger partial charge in [0.05, 0.1) is 0 Å². The molecule has 0 spiro atoms. The van der Waals surface area contributed by atoms with Gasteiger partial charge in [-0.3, -0.25) is 0 Å². The van der Waals surface area contributed by atoms with Gasteiger partial charge in [-0.15, -0.1) is 0 Å². The van der Waals surface area contributed by atoms with Crippen LogP contribution in [0.15, 0.2) is 24.3 Å². The normalized spacial score (nSPS) is 17.6. The third kappa shape index (κ3) is 4.63. The van der Waals surface area contributed by atoms with E-state index in [1.807, 2.05) is 0 Å². The molecule has 106 valence electrons. The van der Waals surface area contributed by atoms with Crippen molar-refractivity contribution >= 4 is 0 Å². The summed E-state index contributed by atoms with van der Waals surface area (Å²) in [5.41, 5.74) is 3.05. The minimum absolute atomic E-state index is 0.251. The molecule has 1 fully saturated rings. The Morgan fingerprint density at radius 1 is 1.11 bits per heavy atom. The predicted molar refractivity (Wildman–Crippen MR) is 82.4 cm³/mol. The van der Waals surface area contributed by atoms with Crippen LogP contribution in [-0.2, 0) is 12.0 Å². The van der Waals surface area contributed by atoms with Crippen molar-refractivity contribution in [1.82, 2.24) is 10.6 Å². The van der Waals surface area contributed by atoms with E-state index in [4.69, 9.17) is 0 Å². The van der Waals surface area contributed by atoms with Crippen LogP contribution in [0.2, 0.25) is 0 Å². The average Bonchev–Trinajstić information content (AvgIpc) is 2.39. The van der Waals surface area contributed by atoms with Gasteiger partial charge in [0.1, 0.15) is 0 Å². The summed E-state index contributed by atoms with van der Waals surface area (Å²) in [5, 5.41) is 7.02. The summed E-state index contributed by atoms with van der Waals surface area (Å²) in [6, 6.07) is 9.05. The average molecular weight is 260 g/mol. The zero-order valence-corrected chi connectivity index (χ0v) is 12.6. The molecule has 19 heavy (non-hydrogen) atoms. The smallest absolute Gasteiger partial charge is 0.0205 e. The highest BCUT2D eigenvalue weighted by Crippen LogP contribution is 2.22. The Labute approximate surface area is 118 Å². The Bertz CT molecular complexity index is 369. The maximum atomic E-state index is 3.60. The van der Waals surface area contributed by atoms with E-state index >= 15 is 0 Å². The highest BCUT2D eigenvalue weighted by atomic mass is 14.9. The fourth-order valence-corrected chi connectivity index (χ4v) is 2.63. The molecule has 1 aromatic carbocycles. The molecule has 2 N–H and O–H groups in total. The number of hydrogen-bond donors (Lipinski definition) is 2. The molecule has 0 bridgehead atoms. The molecule has 0 amide bonds. The van der Waals surface area contributed by atoms with Crippen LogP contribution in [0, 0.1) is 5.92 Å². The third-order valence-corrected chi connectivity index (χ3v) is 4.04. The van der Waals surface area contributed by atoms with Gasteiger partial charge in [0.2, 0.25) is 0 Å². The molecule has 2 rings (SSSR count). The van der Waals surface area contributed by atoms with Crippen LogP contribution in [0.1, 0.15) is 44.7 Å². The quantitative estimate of drug-likeness (QED) is 0.869. The predicted octanol–water partition coefficient (Wildman–Crippen LogP) is 3.07. The number of benzene rings is 1. The second-order valence-electron chi connectivity index (χ2n) is 6.77. The minimum atomic E-state index is 0.251. The van der Waals surface area contributed by atoms with E-state index in [1.165, 1.54) is 37.1 Å². The Hall–Kier alpha value is -0.860. The van der Waals surface area contributed by atoms with Gasteiger partial charge in [0, 0.05) is 6.54 Å². The first-order valence-corrected chi connectivity index (χ1v) is 7.56. The van der Waals surface area contributed by atoms with Crippen LogP contribution in [0.25, 0.3) is 0 Å².